The van der Waals surface area contributed by atoms with Crippen LogP contribution in [0.15, 0.2) is 42.5 Å². The third-order valence-corrected chi connectivity index (χ3v) is 4.92. The molecule has 0 saturated carbocycles. The van der Waals surface area contributed by atoms with Crippen molar-refractivity contribution >= 4 is 5.78 Å². The maximum absolute atomic E-state index is 12.8. The third kappa shape index (κ3) is 3.84. The number of hydrogen-bond acceptors (Lipinski definition) is 1. The number of ketones is 1. The number of alkyl halides is 3. The quantitative estimate of drug-likeness (QED) is 0.571. The Bertz CT molecular complexity index is 811. The summed E-state index contributed by atoms with van der Waals surface area (Å²) in [5.41, 5.74) is 2.77. The molecule has 1 aliphatic carbocycles. The molecule has 0 heterocycles. The minimum absolute atomic E-state index is 0.107. The molecule has 0 aromatic heterocycles. The lowest BCUT2D eigenvalue weighted by atomic mass is 9.72. The molecule has 0 spiro atoms. The summed E-state index contributed by atoms with van der Waals surface area (Å²) in [6, 6.07) is 10.8. The predicted octanol–water partition coefficient (Wildman–Crippen LogP) is 6.87. The van der Waals surface area contributed by atoms with Crippen molar-refractivity contribution in [2.75, 3.05) is 0 Å². The molecule has 0 aliphatic heterocycles. The SMILES string of the molecule is CC(C)(C)CC1CCC(=O)c2cccc(-c3ccc(C(F)(F)F)cc3)c21. The normalized spacial score (nSPS) is 17.9. The lowest BCUT2D eigenvalue weighted by Crippen LogP contribution is -2.21. The molecule has 0 fully saturated rings. The summed E-state index contributed by atoms with van der Waals surface area (Å²) in [5, 5.41) is 0. The van der Waals surface area contributed by atoms with Crippen LogP contribution in [0.1, 0.15) is 67.4 Å². The van der Waals surface area contributed by atoms with E-state index in [1.807, 2.05) is 18.2 Å². The van der Waals surface area contributed by atoms with Crippen LogP contribution in [0.25, 0.3) is 11.1 Å². The van der Waals surface area contributed by atoms with E-state index in [1.54, 1.807) is 0 Å². The van der Waals surface area contributed by atoms with Gasteiger partial charge in [-0.3, -0.25) is 4.79 Å². The van der Waals surface area contributed by atoms with Crippen molar-refractivity contribution < 1.29 is 18.0 Å². The van der Waals surface area contributed by atoms with E-state index in [0.717, 1.165) is 47.2 Å². The Morgan fingerprint density at radius 3 is 2.15 bits per heavy atom. The molecule has 1 aliphatic rings. The van der Waals surface area contributed by atoms with Gasteiger partial charge in [0.05, 0.1) is 5.56 Å². The van der Waals surface area contributed by atoms with Crippen LogP contribution in [0.4, 0.5) is 13.2 Å². The second-order valence-corrected chi connectivity index (χ2v) is 8.27. The van der Waals surface area contributed by atoms with Crippen LogP contribution in [0, 0.1) is 5.41 Å². The first-order chi connectivity index (χ1) is 12.1. The van der Waals surface area contributed by atoms with Gasteiger partial charge in [-0.1, -0.05) is 51.1 Å². The minimum Gasteiger partial charge on any atom is -0.294 e. The van der Waals surface area contributed by atoms with Gasteiger partial charge in [-0.15, -0.1) is 0 Å². The monoisotopic (exact) mass is 360 g/mol. The van der Waals surface area contributed by atoms with Gasteiger partial charge in [-0.25, -0.2) is 0 Å². The molecule has 0 amide bonds. The fourth-order valence-electron chi connectivity index (χ4n) is 3.87. The first kappa shape index (κ1) is 18.7. The van der Waals surface area contributed by atoms with Crippen LogP contribution in [0.3, 0.4) is 0 Å². The molecular weight excluding hydrogens is 337 g/mol. The molecule has 2 aromatic rings. The molecule has 1 atom stereocenters. The lowest BCUT2D eigenvalue weighted by Gasteiger charge is -2.32. The highest BCUT2D eigenvalue weighted by Crippen LogP contribution is 2.44. The second-order valence-electron chi connectivity index (χ2n) is 8.27. The number of fused-ring (bicyclic) bond motifs is 1. The van der Waals surface area contributed by atoms with Gasteiger partial charge in [0.15, 0.2) is 5.78 Å². The molecule has 138 valence electrons. The predicted molar refractivity (Wildman–Crippen MR) is 97.3 cm³/mol. The van der Waals surface area contributed by atoms with E-state index in [0.29, 0.717) is 6.42 Å². The van der Waals surface area contributed by atoms with Gasteiger partial charge >= 0.3 is 6.18 Å². The first-order valence-corrected chi connectivity index (χ1v) is 8.90. The largest absolute Gasteiger partial charge is 0.416 e. The maximum Gasteiger partial charge on any atom is 0.416 e. The van der Waals surface area contributed by atoms with Crippen LogP contribution < -0.4 is 0 Å². The smallest absolute Gasteiger partial charge is 0.294 e. The summed E-state index contributed by atoms with van der Waals surface area (Å²) >= 11 is 0. The topological polar surface area (TPSA) is 17.1 Å². The lowest BCUT2D eigenvalue weighted by molar-refractivity contribution is -0.137. The number of benzene rings is 2. The number of halogens is 3. The van der Waals surface area contributed by atoms with E-state index >= 15 is 0 Å². The van der Waals surface area contributed by atoms with Crippen LogP contribution in [0.2, 0.25) is 0 Å². The highest BCUT2D eigenvalue weighted by molar-refractivity contribution is 6.00. The minimum atomic E-state index is -4.35. The van der Waals surface area contributed by atoms with Crippen LogP contribution in [0.5, 0.6) is 0 Å². The summed E-state index contributed by atoms with van der Waals surface area (Å²) in [4.78, 5) is 12.4. The molecule has 0 radical (unpaired) electrons. The van der Waals surface area contributed by atoms with Gasteiger partial charge < -0.3 is 0 Å². The summed E-state index contributed by atoms with van der Waals surface area (Å²) < 4.78 is 38.5. The molecule has 1 unspecified atom stereocenters. The number of Topliss-reactive ketones (excluding diaryl/α,β-unsaturated/α-hetero) is 1. The van der Waals surface area contributed by atoms with E-state index in [1.165, 1.54) is 12.1 Å². The average Bonchev–Trinajstić information content (AvgIpc) is 2.55. The van der Waals surface area contributed by atoms with Crippen molar-refractivity contribution in [3.8, 4) is 11.1 Å². The first-order valence-electron chi connectivity index (χ1n) is 8.90. The number of carbonyl (C=O) groups is 1. The molecule has 2 aromatic carbocycles. The average molecular weight is 360 g/mol. The summed E-state index contributed by atoms with van der Waals surface area (Å²) in [7, 11) is 0. The zero-order valence-corrected chi connectivity index (χ0v) is 15.3. The van der Waals surface area contributed by atoms with E-state index in [9.17, 15) is 18.0 Å². The van der Waals surface area contributed by atoms with E-state index in [2.05, 4.69) is 20.8 Å². The van der Waals surface area contributed by atoms with Crippen molar-refractivity contribution in [1.29, 1.82) is 0 Å². The van der Waals surface area contributed by atoms with Crippen LogP contribution in [-0.2, 0) is 6.18 Å². The third-order valence-electron chi connectivity index (χ3n) is 4.92. The summed E-state index contributed by atoms with van der Waals surface area (Å²) in [5.74, 6) is 0.361. The fraction of sp³-hybridized carbons (Fsp3) is 0.409. The number of rotatable bonds is 2. The molecule has 1 nitrogen and oxygen atoms in total. The Hall–Kier alpha value is -2.10. The van der Waals surface area contributed by atoms with E-state index in [4.69, 9.17) is 0 Å². The standard InChI is InChI=1S/C22H23F3O/c1-21(2,3)13-15-9-12-19(26)18-6-4-5-17(20(15)18)14-7-10-16(11-8-14)22(23,24)25/h4-8,10-11,15H,9,12-13H2,1-3H3. The molecular formula is C22H23F3O. The molecule has 4 heteroatoms. The van der Waals surface area contributed by atoms with Gasteiger partial charge in [0.25, 0.3) is 0 Å². The Balaban J connectivity index is 2.09. The number of hydrogen-bond donors (Lipinski definition) is 0. The molecule has 26 heavy (non-hydrogen) atoms. The molecule has 3 rings (SSSR count). The summed E-state index contributed by atoms with van der Waals surface area (Å²) in [6.07, 6.45) is -2.09. The highest BCUT2D eigenvalue weighted by atomic mass is 19.4. The van der Waals surface area contributed by atoms with Gasteiger partial charge in [-0.05, 0) is 53.0 Å². The van der Waals surface area contributed by atoms with Crippen molar-refractivity contribution in [2.24, 2.45) is 5.41 Å². The van der Waals surface area contributed by atoms with Gasteiger partial charge in [0.1, 0.15) is 0 Å². The van der Waals surface area contributed by atoms with E-state index in [-0.39, 0.29) is 17.1 Å². The molecule has 0 bridgehead atoms. The van der Waals surface area contributed by atoms with E-state index < -0.39 is 11.7 Å². The van der Waals surface area contributed by atoms with Crippen molar-refractivity contribution in [3.05, 3.63) is 59.2 Å². The Morgan fingerprint density at radius 2 is 1.58 bits per heavy atom. The van der Waals surface area contributed by atoms with Gasteiger partial charge in [-0.2, -0.15) is 13.2 Å². The fourth-order valence-corrected chi connectivity index (χ4v) is 3.87. The molecule has 0 N–H and O–H groups in total. The number of carbonyl (C=O) groups excluding carboxylic acids is 1. The zero-order chi connectivity index (χ0) is 19.1. The maximum atomic E-state index is 12.8. The Kier molecular flexibility index (Phi) is 4.72. The second kappa shape index (κ2) is 6.57. The Labute approximate surface area is 152 Å². The summed E-state index contributed by atoms with van der Waals surface area (Å²) in [6.45, 7) is 6.51. The van der Waals surface area contributed by atoms with Crippen LogP contribution >= 0.6 is 0 Å². The van der Waals surface area contributed by atoms with Crippen molar-refractivity contribution in [1.82, 2.24) is 0 Å². The van der Waals surface area contributed by atoms with Gasteiger partial charge in [0, 0.05) is 12.0 Å². The van der Waals surface area contributed by atoms with Crippen LogP contribution in [-0.4, -0.2) is 5.78 Å². The molecule has 0 saturated heterocycles. The highest BCUT2D eigenvalue weighted by Gasteiger charge is 2.32. The van der Waals surface area contributed by atoms with Crippen molar-refractivity contribution in [2.45, 2.75) is 52.1 Å². The zero-order valence-electron chi connectivity index (χ0n) is 15.3. The van der Waals surface area contributed by atoms with Gasteiger partial charge in [0.2, 0.25) is 0 Å². The Morgan fingerprint density at radius 1 is 0.962 bits per heavy atom. The van der Waals surface area contributed by atoms with Crippen molar-refractivity contribution in [3.63, 3.8) is 0 Å².